The molecule has 1 amide bonds. The fourth-order valence-corrected chi connectivity index (χ4v) is 5.12. The Morgan fingerprint density at radius 1 is 1.13 bits per heavy atom. The van der Waals surface area contributed by atoms with E-state index in [4.69, 9.17) is 4.74 Å². The molecule has 0 saturated heterocycles. The van der Waals surface area contributed by atoms with E-state index >= 15 is 0 Å². The lowest BCUT2D eigenvalue weighted by Gasteiger charge is -2.20. The molecule has 0 bridgehead atoms. The summed E-state index contributed by atoms with van der Waals surface area (Å²) in [6, 6.07) is 14.3. The highest BCUT2D eigenvalue weighted by molar-refractivity contribution is 5.92. The Bertz CT molecular complexity index is 1090. The second-order valence-electron chi connectivity index (χ2n) is 8.73. The fourth-order valence-electron chi connectivity index (χ4n) is 5.12. The van der Waals surface area contributed by atoms with Gasteiger partial charge in [0.25, 0.3) is 0 Å². The SMILES string of the molecule is Cc1ccc(NC(=O)C(C)C2[C@H]3CC(Oc4ccnc5ccc(F)cc45)C[C@@H]23)cc1. The summed E-state index contributed by atoms with van der Waals surface area (Å²) in [6.45, 7) is 4.06. The molecular formula is C25H25FN2O2. The first-order chi connectivity index (χ1) is 14.5. The molecule has 2 fully saturated rings. The number of amides is 1. The largest absolute Gasteiger partial charge is 0.490 e. The summed E-state index contributed by atoms with van der Waals surface area (Å²) in [5.74, 6) is 1.94. The molecule has 2 aliphatic rings. The number of pyridine rings is 1. The van der Waals surface area contributed by atoms with Gasteiger partial charge in [-0.15, -0.1) is 0 Å². The van der Waals surface area contributed by atoms with Gasteiger partial charge < -0.3 is 10.1 Å². The lowest BCUT2D eigenvalue weighted by atomic mass is 9.97. The number of nitrogens with one attached hydrogen (secondary N) is 1. The topological polar surface area (TPSA) is 51.2 Å². The highest BCUT2D eigenvalue weighted by Gasteiger charge is 2.59. The second kappa shape index (κ2) is 7.38. The van der Waals surface area contributed by atoms with Crippen LogP contribution >= 0.6 is 0 Å². The molecule has 1 N–H and O–H groups in total. The predicted octanol–water partition coefficient (Wildman–Crippen LogP) is 5.36. The normalized spacial score (nSPS) is 25.6. The zero-order valence-electron chi connectivity index (χ0n) is 17.1. The average molecular weight is 404 g/mol. The van der Waals surface area contributed by atoms with Crippen LogP contribution in [0.15, 0.2) is 54.7 Å². The van der Waals surface area contributed by atoms with Crippen molar-refractivity contribution in [1.82, 2.24) is 4.98 Å². The number of fused-ring (bicyclic) bond motifs is 2. The maximum Gasteiger partial charge on any atom is 0.227 e. The number of halogens is 1. The van der Waals surface area contributed by atoms with Crippen LogP contribution < -0.4 is 10.1 Å². The first-order valence-electron chi connectivity index (χ1n) is 10.6. The Morgan fingerprint density at radius 3 is 2.60 bits per heavy atom. The number of ether oxygens (including phenoxy) is 1. The van der Waals surface area contributed by atoms with E-state index in [1.165, 1.54) is 17.7 Å². The Morgan fingerprint density at radius 2 is 1.87 bits per heavy atom. The summed E-state index contributed by atoms with van der Waals surface area (Å²) in [6.07, 6.45) is 3.69. The summed E-state index contributed by atoms with van der Waals surface area (Å²) in [7, 11) is 0. The van der Waals surface area contributed by atoms with Gasteiger partial charge in [0.15, 0.2) is 0 Å². The van der Waals surface area contributed by atoms with E-state index in [1.54, 1.807) is 18.3 Å². The molecule has 3 unspecified atom stereocenters. The minimum atomic E-state index is -0.289. The van der Waals surface area contributed by atoms with E-state index in [2.05, 4.69) is 10.3 Å². The highest BCUT2D eigenvalue weighted by atomic mass is 19.1. The number of hydrogen-bond donors (Lipinski definition) is 1. The van der Waals surface area contributed by atoms with Gasteiger partial charge in [0.1, 0.15) is 11.6 Å². The molecule has 5 heteroatoms. The quantitative estimate of drug-likeness (QED) is 0.623. The van der Waals surface area contributed by atoms with E-state index < -0.39 is 0 Å². The van der Waals surface area contributed by atoms with Gasteiger partial charge >= 0.3 is 0 Å². The summed E-state index contributed by atoms with van der Waals surface area (Å²) < 4.78 is 19.9. The van der Waals surface area contributed by atoms with Crippen molar-refractivity contribution in [3.05, 3.63) is 66.1 Å². The van der Waals surface area contributed by atoms with Crippen LogP contribution in [0.5, 0.6) is 5.75 Å². The minimum absolute atomic E-state index is 0.0156. The molecule has 30 heavy (non-hydrogen) atoms. The molecule has 154 valence electrons. The number of anilines is 1. The standard InChI is InChI=1S/C25H25FN2O2/c1-14-3-6-17(7-4-14)28-25(29)15(2)24-19-12-18(13-20(19)24)30-23-9-10-27-22-8-5-16(26)11-21(22)23/h3-11,15,18-20,24H,12-13H2,1-2H3,(H,28,29)/t15?,18?,19-,20+,24?. The average Bonchev–Trinajstić information content (AvgIpc) is 3.24. The third-order valence-electron chi connectivity index (χ3n) is 6.74. The number of carbonyl (C=O) groups excluding carboxylic acids is 1. The van der Waals surface area contributed by atoms with Crippen molar-refractivity contribution in [3.63, 3.8) is 0 Å². The van der Waals surface area contributed by atoms with E-state index in [9.17, 15) is 9.18 Å². The minimum Gasteiger partial charge on any atom is -0.490 e. The third kappa shape index (κ3) is 3.53. The van der Waals surface area contributed by atoms with Crippen LogP contribution in [0.1, 0.15) is 25.3 Å². The maximum atomic E-state index is 13.7. The van der Waals surface area contributed by atoms with Gasteiger partial charge in [0, 0.05) is 23.2 Å². The van der Waals surface area contributed by atoms with Crippen LogP contribution in [-0.4, -0.2) is 17.0 Å². The molecule has 0 spiro atoms. The number of rotatable bonds is 5. The van der Waals surface area contributed by atoms with Crippen molar-refractivity contribution < 1.29 is 13.9 Å². The van der Waals surface area contributed by atoms with E-state index in [1.807, 2.05) is 38.1 Å². The van der Waals surface area contributed by atoms with E-state index in [-0.39, 0.29) is 23.7 Å². The first-order valence-corrected chi connectivity index (χ1v) is 10.6. The Balaban J connectivity index is 1.20. The number of aromatic nitrogens is 1. The zero-order chi connectivity index (χ0) is 20.8. The third-order valence-corrected chi connectivity index (χ3v) is 6.74. The van der Waals surface area contributed by atoms with Gasteiger partial charge in [-0.3, -0.25) is 9.78 Å². The Labute approximate surface area is 175 Å². The molecule has 2 aliphatic carbocycles. The maximum absolute atomic E-state index is 13.7. The number of carbonyl (C=O) groups is 1. The van der Waals surface area contributed by atoms with Crippen molar-refractivity contribution >= 4 is 22.5 Å². The Hall–Kier alpha value is -2.95. The summed E-state index contributed by atoms with van der Waals surface area (Å²) in [5.41, 5.74) is 2.76. The molecule has 4 nitrogen and oxygen atoms in total. The van der Waals surface area contributed by atoms with Gasteiger partial charge in [-0.2, -0.15) is 0 Å². The van der Waals surface area contributed by atoms with Gasteiger partial charge in [0.2, 0.25) is 5.91 Å². The molecular weight excluding hydrogens is 379 g/mol. The first kappa shape index (κ1) is 19.0. The second-order valence-corrected chi connectivity index (χ2v) is 8.73. The van der Waals surface area contributed by atoms with Crippen molar-refractivity contribution in [1.29, 1.82) is 0 Å². The van der Waals surface area contributed by atoms with E-state index in [0.29, 0.717) is 28.9 Å². The van der Waals surface area contributed by atoms with Gasteiger partial charge in [-0.1, -0.05) is 24.6 Å². The molecule has 5 atom stereocenters. The number of nitrogens with zero attached hydrogens (tertiary/aromatic N) is 1. The summed E-state index contributed by atoms with van der Waals surface area (Å²) >= 11 is 0. The molecule has 5 rings (SSSR count). The lowest BCUT2D eigenvalue weighted by molar-refractivity contribution is -0.120. The van der Waals surface area contributed by atoms with Gasteiger partial charge in [0.05, 0.1) is 11.6 Å². The predicted molar refractivity (Wildman–Crippen MR) is 115 cm³/mol. The number of benzene rings is 2. The molecule has 3 aromatic rings. The molecule has 2 saturated carbocycles. The van der Waals surface area contributed by atoms with E-state index in [0.717, 1.165) is 24.0 Å². The zero-order valence-corrected chi connectivity index (χ0v) is 17.1. The van der Waals surface area contributed by atoms with Crippen molar-refractivity contribution in [2.24, 2.45) is 23.7 Å². The summed E-state index contributed by atoms with van der Waals surface area (Å²) in [4.78, 5) is 17.0. The van der Waals surface area contributed by atoms with Gasteiger partial charge in [-0.05, 0) is 73.9 Å². The smallest absolute Gasteiger partial charge is 0.227 e. The van der Waals surface area contributed by atoms with Gasteiger partial charge in [-0.25, -0.2) is 4.39 Å². The van der Waals surface area contributed by atoms with Crippen LogP contribution in [0, 0.1) is 36.4 Å². The van der Waals surface area contributed by atoms with Crippen LogP contribution in [0.3, 0.4) is 0 Å². The molecule has 2 aromatic carbocycles. The molecule has 1 aromatic heterocycles. The highest BCUT2D eigenvalue weighted by Crippen LogP contribution is 2.61. The van der Waals surface area contributed by atoms with Crippen molar-refractivity contribution in [2.45, 2.75) is 32.8 Å². The van der Waals surface area contributed by atoms with Crippen LogP contribution in [-0.2, 0) is 4.79 Å². The lowest BCUT2D eigenvalue weighted by Crippen LogP contribution is -2.25. The number of aryl methyl sites for hydroxylation is 1. The van der Waals surface area contributed by atoms with Crippen molar-refractivity contribution in [2.75, 3.05) is 5.32 Å². The van der Waals surface area contributed by atoms with Crippen molar-refractivity contribution in [3.8, 4) is 5.75 Å². The molecule has 0 aliphatic heterocycles. The van der Waals surface area contributed by atoms with Crippen LogP contribution in [0.4, 0.5) is 10.1 Å². The number of hydrogen-bond acceptors (Lipinski definition) is 3. The monoisotopic (exact) mass is 404 g/mol. The summed E-state index contributed by atoms with van der Waals surface area (Å²) in [5, 5.41) is 3.75. The van der Waals surface area contributed by atoms with Crippen LogP contribution in [0.2, 0.25) is 0 Å². The molecule has 0 radical (unpaired) electrons. The fraction of sp³-hybridized carbons (Fsp3) is 0.360. The molecule has 1 heterocycles. The Kier molecular flexibility index (Phi) is 4.69. The van der Waals surface area contributed by atoms with Crippen LogP contribution in [0.25, 0.3) is 10.9 Å².